The lowest BCUT2D eigenvalue weighted by molar-refractivity contribution is -0.136. The molecule has 0 spiro atoms. The molecule has 1 aromatic rings. The van der Waals surface area contributed by atoms with Gasteiger partial charge in [0.15, 0.2) is 11.6 Å². The van der Waals surface area contributed by atoms with Crippen LogP contribution in [-0.4, -0.2) is 16.2 Å². The number of nitrogens with zero attached hydrogens (tertiary/aromatic N) is 1. The van der Waals surface area contributed by atoms with Crippen LogP contribution in [-0.2, 0) is 11.2 Å². The van der Waals surface area contributed by atoms with Crippen LogP contribution in [0, 0.1) is 17.1 Å². The average molecular weight is 195 g/mol. The van der Waals surface area contributed by atoms with E-state index < -0.39 is 17.5 Å². The van der Waals surface area contributed by atoms with E-state index in [1.54, 1.807) is 0 Å². The Morgan fingerprint density at radius 3 is 2.71 bits per heavy atom. The summed E-state index contributed by atoms with van der Waals surface area (Å²) in [6.07, 6.45) is -0.359. The van der Waals surface area contributed by atoms with Gasteiger partial charge in [0.25, 0.3) is 0 Å². The number of aliphatic carboxylic acids is 1. The lowest BCUT2D eigenvalue weighted by atomic mass is 10.1. The van der Waals surface area contributed by atoms with Crippen molar-refractivity contribution in [1.82, 2.24) is 0 Å². The number of nitriles is 1. The van der Waals surface area contributed by atoms with Crippen molar-refractivity contribution in [2.45, 2.75) is 6.42 Å². The topological polar surface area (TPSA) is 81.3 Å². The molecule has 1 aromatic carbocycles. The minimum atomic E-state index is -1.11. The van der Waals surface area contributed by atoms with Crippen molar-refractivity contribution in [3.05, 3.63) is 29.1 Å². The van der Waals surface area contributed by atoms with Crippen molar-refractivity contribution in [2.75, 3.05) is 0 Å². The van der Waals surface area contributed by atoms with Gasteiger partial charge in [0.05, 0.1) is 12.0 Å². The Kier molecular flexibility index (Phi) is 2.67. The van der Waals surface area contributed by atoms with E-state index in [0.29, 0.717) is 0 Å². The molecule has 0 heterocycles. The molecule has 0 saturated heterocycles. The Morgan fingerprint density at radius 2 is 2.21 bits per heavy atom. The highest BCUT2D eigenvalue weighted by atomic mass is 19.1. The van der Waals surface area contributed by atoms with Crippen LogP contribution >= 0.6 is 0 Å². The number of hydrogen-bond acceptors (Lipinski definition) is 3. The van der Waals surface area contributed by atoms with Crippen molar-refractivity contribution in [3.8, 4) is 11.8 Å². The molecule has 0 aliphatic heterocycles. The fraction of sp³-hybridized carbons (Fsp3) is 0.111. The van der Waals surface area contributed by atoms with Gasteiger partial charge in [0.2, 0.25) is 0 Å². The largest absolute Gasteiger partial charge is 0.505 e. The monoisotopic (exact) mass is 195 g/mol. The smallest absolute Gasteiger partial charge is 0.307 e. The molecule has 0 bridgehead atoms. The van der Waals surface area contributed by atoms with E-state index in [1.807, 2.05) is 0 Å². The van der Waals surface area contributed by atoms with Crippen molar-refractivity contribution in [2.24, 2.45) is 0 Å². The first kappa shape index (κ1) is 9.99. The number of benzene rings is 1. The Labute approximate surface area is 78.8 Å². The molecule has 1 rings (SSSR count). The Hall–Kier alpha value is -2.09. The molecular formula is C9H6FNO3. The van der Waals surface area contributed by atoms with Crippen LogP contribution in [0.4, 0.5) is 4.39 Å². The van der Waals surface area contributed by atoms with Crippen molar-refractivity contribution in [1.29, 1.82) is 5.26 Å². The number of carboxylic acid groups (broad SMARTS) is 1. The molecule has 0 fully saturated rings. The van der Waals surface area contributed by atoms with Crippen molar-refractivity contribution >= 4 is 5.97 Å². The van der Waals surface area contributed by atoms with Gasteiger partial charge in [-0.05, 0) is 17.7 Å². The zero-order chi connectivity index (χ0) is 10.7. The normalized spacial score (nSPS) is 9.43. The van der Waals surface area contributed by atoms with Crippen molar-refractivity contribution < 1.29 is 19.4 Å². The lowest BCUT2D eigenvalue weighted by Crippen LogP contribution is -2.01. The number of carboxylic acids is 1. The van der Waals surface area contributed by atoms with E-state index in [1.165, 1.54) is 6.07 Å². The average Bonchev–Trinajstić information content (AvgIpc) is 2.10. The molecule has 72 valence electrons. The summed E-state index contributed by atoms with van der Waals surface area (Å²) in [5.74, 6) is -2.85. The first-order valence-electron chi connectivity index (χ1n) is 3.68. The standard InChI is InChI=1S/C9H6FNO3/c10-9-6(4-11)1-5(2-7(9)12)3-8(13)14/h1-2,12H,3H2,(H,13,14). The molecule has 2 N–H and O–H groups in total. The second-order valence-electron chi connectivity index (χ2n) is 2.66. The van der Waals surface area contributed by atoms with Gasteiger partial charge in [-0.25, -0.2) is 4.39 Å². The van der Waals surface area contributed by atoms with Crippen LogP contribution < -0.4 is 0 Å². The third-order valence-electron chi connectivity index (χ3n) is 1.59. The summed E-state index contributed by atoms with van der Waals surface area (Å²) in [4.78, 5) is 10.3. The molecule has 0 unspecified atom stereocenters. The van der Waals surface area contributed by atoms with Gasteiger partial charge in [-0.1, -0.05) is 0 Å². The summed E-state index contributed by atoms with van der Waals surface area (Å²) in [6.45, 7) is 0. The number of rotatable bonds is 2. The van der Waals surface area contributed by atoms with Gasteiger partial charge in [0, 0.05) is 0 Å². The molecule has 0 atom stereocenters. The second kappa shape index (κ2) is 3.75. The fourth-order valence-corrected chi connectivity index (χ4v) is 1.03. The molecular weight excluding hydrogens is 189 g/mol. The maximum atomic E-state index is 12.9. The third-order valence-corrected chi connectivity index (χ3v) is 1.59. The van der Waals surface area contributed by atoms with Gasteiger partial charge < -0.3 is 10.2 Å². The zero-order valence-corrected chi connectivity index (χ0v) is 6.99. The summed E-state index contributed by atoms with van der Waals surface area (Å²) in [5, 5.41) is 25.9. The number of halogens is 1. The summed E-state index contributed by atoms with van der Waals surface area (Å²) in [6, 6.07) is 3.61. The van der Waals surface area contributed by atoms with E-state index in [0.717, 1.165) is 12.1 Å². The predicted octanol–water partition coefficient (Wildman–Crippen LogP) is 1.03. The molecule has 0 aliphatic carbocycles. The van der Waals surface area contributed by atoms with Gasteiger partial charge in [-0.2, -0.15) is 5.26 Å². The predicted molar refractivity (Wildman–Crippen MR) is 44.1 cm³/mol. The summed E-state index contributed by atoms with van der Waals surface area (Å²) >= 11 is 0. The first-order chi connectivity index (χ1) is 6.54. The molecule has 0 radical (unpaired) electrons. The molecule has 0 saturated carbocycles. The zero-order valence-electron chi connectivity index (χ0n) is 6.99. The second-order valence-corrected chi connectivity index (χ2v) is 2.66. The number of phenolic OH excluding ortho intramolecular Hbond substituents is 1. The summed E-state index contributed by atoms with van der Waals surface area (Å²) in [5.41, 5.74) is -0.172. The van der Waals surface area contributed by atoms with Gasteiger partial charge >= 0.3 is 5.97 Å². The van der Waals surface area contributed by atoms with Crippen LogP contribution in [0.3, 0.4) is 0 Å². The Morgan fingerprint density at radius 1 is 1.57 bits per heavy atom. The molecule has 0 aliphatic rings. The Bertz CT molecular complexity index is 423. The number of carbonyl (C=O) groups is 1. The number of hydrogen-bond donors (Lipinski definition) is 2. The maximum Gasteiger partial charge on any atom is 0.307 e. The molecule has 5 heteroatoms. The first-order valence-corrected chi connectivity index (χ1v) is 3.68. The van der Waals surface area contributed by atoms with E-state index in [9.17, 15) is 9.18 Å². The minimum absolute atomic E-state index is 0.188. The van der Waals surface area contributed by atoms with Gasteiger partial charge in [-0.3, -0.25) is 4.79 Å². The lowest BCUT2D eigenvalue weighted by Gasteiger charge is -2.01. The van der Waals surface area contributed by atoms with Gasteiger partial charge in [-0.15, -0.1) is 0 Å². The van der Waals surface area contributed by atoms with Crippen LogP contribution in [0.25, 0.3) is 0 Å². The van der Waals surface area contributed by atoms with E-state index in [-0.39, 0.29) is 17.5 Å². The summed E-state index contributed by atoms with van der Waals surface area (Å²) in [7, 11) is 0. The summed E-state index contributed by atoms with van der Waals surface area (Å²) < 4.78 is 12.9. The van der Waals surface area contributed by atoms with E-state index >= 15 is 0 Å². The highest BCUT2D eigenvalue weighted by Crippen LogP contribution is 2.21. The molecule has 4 nitrogen and oxygen atoms in total. The van der Waals surface area contributed by atoms with Crippen LogP contribution in [0.15, 0.2) is 12.1 Å². The molecule has 0 amide bonds. The highest BCUT2D eigenvalue weighted by molar-refractivity contribution is 5.70. The maximum absolute atomic E-state index is 12.9. The number of aromatic hydroxyl groups is 1. The fourth-order valence-electron chi connectivity index (χ4n) is 1.03. The van der Waals surface area contributed by atoms with E-state index in [2.05, 4.69) is 0 Å². The van der Waals surface area contributed by atoms with Gasteiger partial charge in [0.1, 0.15) is 6.07 Å². The van der Waals surface area contributed by atoms with Crippen LogP contribution in [0.5, 0.6) is 5.75 Å². The quantitative estimate of drug-likeness (QED) is 0.738. The Balaban J connectivity index is 3.18. The van der Waals surface area contributed by atoms with Crippen molar-refractivity contribution in [3.63, 3.8) is 0 Å². The van der Waals surface area contributed by atoms with Crippen LogP contribution in [0.1, 0.15) is 11.1 Å². The van der Waals surface area contributed by atoms with E-state index in [4.69, 9.17) is 15.5 Å². The number of phenols is 1. The molecule has 0 aromatic heterocycles. The highest BCUT2D eigenvalue weighted by Gasteiger charge is 2.11. The minimum Gasteiger partial charge on any atom is -0.505 e. The van der Waals surface area contributed by atoms with Crippen LogP contribution in [0.2, 0.25) is 0 Å². The third kappa shape index (κ3) is 1.98. The molecule has 14 heavy (non-hydrogen) atoms. The SMILES string of the molecule is N#Cc1cc(CC(=O)O)cc(O)c1F.